The number of benzene rings is 3. The number of fused-ring (bicyclic) bond motifs is 2. The van der Waals surface area contributed by atoms with E-state index in [1.807, 2.05) is 36.4 Å². The lowest BCUT2D eigenvalue weighted by Crippen LogP contribution is -2.36. The second-order valence-electron chi connectivity index (χ2n) is 9.55. The predicted molar refractivity (Wildman–Crippen MR) is 154 cm³/mol. The first-order valence-electron chi connectivity index (χ1n) is 12.8. The number of nitrogens with two attached hydrogens (primary N) is 1. The van der Waals surface area contributed by atoms with Crippen LogP contribution in [0.15, 0.2) is 71.5 Å². The molecule has 8 nitrogen and oxygen atoms in total. The van der Waals surface area contributed by atoms with Gasteiger partial charge in [-0.3, -0.25) is 4.79 Å². The SMILES string of the molecule is NC[C@H](Cc1ccccc1)Nc1c(-c2nc3ccc(N4CCOCC4)cc3[nH]2)c(=O)[nH]c2cc(Cl)ccc12. The number of aromatic nitrogens is 3. The fraction of sp³-hybridized carbons (Fsp3) is 0.241. The minimum atomic E-state index is -0.259. The summed E-state index contributed by atoms with van der Waals surface area (Å²) in [4.78, 5) is 27.0. The number of aromatic amines is 2. The van der Waals surface area contributed by atoms with E-state index in [0.29, 0.717) is 53.8 Å². The van der Waals surface area contributed by atoms with E-state index in [-0.39, 0.29) is 11.6 Å². The van der Waals surface area contributed by atoms with E-state index in [9.17, 15) is 4.79 Å². The fourth-order valence-electron chi connectivity index (χ4n) is 5.08. The zero-order chi connectivity index (χ0) is 26.1. The number of nitrogens with zero attached hydrogens (tertiary/aromatic N) is 2. The van der Waals surface area contributed by atoms with Gasteiger partial charge in [-0.1, -0.05) is 41.9 Å². The largest absolute Gasteiger partial charge is 0.379 e. The van der Waals surface area contributed by atoms with Crippen molar-refractivity contribution in [1.82, 2.24) is 15.0 Å². The van der Waals surface area contributed by atoms with Gasteiger partial charge in [-0.2, -0.15) is 0 Å². The Balaban J connectivity index is 1.45. The van der Waals surface area contributed by atoms with E-state index in [4.69, 9.17) is 27.1 Å². The molecule has 0 aliphatic carbocycles. The molecule has 3 heterocycles. The molecule has 1 saturated heterocycles. The Morgan fingerprint density at radius 1 is 1.03 bits per heavy atom. The molecule has 1 fully saturated rings. The van der Waals surface area contributed by atoms with Crippen molar-refractivity contribution in [1.29, 1.82) is 0 Å². The zero-order valence-corrected chi connectivity index (χ0v) is 21.6. The minimum Gasteiger partial charge on any atom is -0.379 e. The van der Waals surface area contributed by atoms with Crippen molar-refractivity contribution in [2.45, 2.75) is 12.5 Å². The normalized spacial score (nSPS) is 14.7. The Bertz CT molecular complexity index is 1640. The molecule has 5 N–H and O–H groups in total. The summed E-state index contributed by atoms with van der Waals surface area (Å²) in [6, 6.07) is 21.7. The van der Waals surface area contributed by atoms with Crippen molar-refractivity contribution in [3.05, 3.63) is 87.7 Å². The van der Waals surface area contributed by atoms with Crippen molar-refractivity contribution in [3.63, 3.8) is 0 Å². The van der Waals surface area contributed by atoms with Gasteiger partial charge in [0.2, 0.25) is 0 Å². The Hall–Kier alpha value is -3.85. The van der Waals surface area contributed by atoms with Gasteiger partial charge >= 0.3 is 0 Å². The van der Waals surface area contributed by atoms with Crippen LogP contribution in [0.5, 0.6) is 0 Å². The summed E-state index contributed by atoms with van der Waals surface area (Å²) >= 11 is 6.26. The van der Waals surface area contributed by atoms with E-state index in [0.717, 1.165) is 40.8 Å². The molecule has 0 bridgehead atoms. The van der Waals surface area contributed by atoms with Gasteiger partial charge in [0, 0.05) is 41.8 Å². The molecule has 1 atom stereocenters. The van der Waals surface area contributed by atoms with Crippen molar-refractivity contribution in [2.24, 2.45) is 5.73 Å². The van der Waals surface area contributed by atoms with Gasteiger partial charge in [-0.05, 0) is 48.4 Å². The van der Waals surface area contributed by atoms with Crippen LogP contribution < -0.4 is 21.5 Å². The molecule has 0 unspecified atom stereocenters. The summed E-state index contributed by atoms with van der Waals surface area (Å²) in [5.41, 5.74) is 11.6. The second-order valence-corrected chi connectivity index (χ2v) is 9.98. The van der Waals surface area contributed by atoms with Crippen LogP contribution in [0, 0.1) is 0 Å². The van der Waals surface area contributed by atoms with Gasteiger partial charge in [0.25, 0.3) is 5.56 Å². The Kier molecular flexibility index (Phi) is 6.76. The Labute approximate surface area is 224 Å². The van der Waals surface area contributed by atoms with Crippen molar-refractivity contribution in [3.8, 4) is 11.4 Å². The number of morpholine rings is 1. The van der Waals surface area contributed by atoms with Crippen LogP contribution in [0.2, 0.25) is 5.02 Å². The highest BCUT2D eigenvalue weighted by Crippen LogP contribution is 2.33. The van der Waals surface area contributed by atoms with Gasteiger partial charge in [0.15, 0.2) is 0 Å². The Morgan fingerprint density at radius 2 is 1.84 bits per heavy atom. The molecule has 1 aliphatic rings. The molecule has 194 valence electrons. The number of hydrogen-bond donors (Lipinski definition) is 4. The molecule has 0 amide bonds. The summed E-state index contributed by atoms with van der Waals surface area (Å²) in [6.07, 6.45) is 0.710. The van der Waals surface area contributed by atoms with Gasteiger partial charge < -0.3 is 30.7 Å². The number of nitrogens with one attached hydrogen (secondary N) is 3. The molecule has 2 aromatic heterocycles. The summed E-state index contributed by atoms with van der Waals surface area (Å²) < 4.78 is 5.49. The summed E-state index contributed by atoms with van der Waals surface area (Å²) in [5.74, 6) is 0.496. The average Bonchev–Trinajstić information content (AvgIpc) is 3.36. The number of imidazole rings is 1. The fourth-order valence-corrected chi connectivity index (χ4v) is 5.25. The maximum Gasteiger partial charge on any atom is 0.261 e. The van der Waals surface area contributed by atoms with Gasteiger partial charge in [-0.15, -0.1) is 0 Å². The van der Waals surface area contributed by atoms with Crippen LogP contribution in [0.4, 0.5) is 11.4 Å². The van der Waals surface area contributed by atoms with Crippen molar-refractivity contribution < 1.29 is 4.74 Å². The predicted octanol–water partition coefficient (Wildman–Crippen LogP) is 4.54. The number of ether oxygens (including phenoxy) is 1. The van der Waals surface area contributed by atoms with Crippen LogP contribution in [0.1, 0.15) is 5.56 Å². The first-order valence-corrected chi connectivity index (χ1v) is 13.2. The number of H-pyrrole nitrogens is 2. The smallest absolute Gasteiger partial charge is 0.261 e. The van der Waals surface area contributed by atoms with Crippen molar-refractivity contribution >= 4 is 44.9 Å². The summed E-state index contributed by atoms with van der Waals surface area (Å²) in [5, 5.41) is 4.97. The number of halogens is 1. The Morgan fingerprint density at radius 3 is 2.63 bits per heavy atom. The third-order valence-electron chi connectivity index (χ3n) is 7.01. The van der Waals surface area contributed by atoms with Gasteiger partial charge in [0.1, 0.15) is 11.4 Å². The second kappa shape index (κ2) is 10.5. The maximum absolute atomic E-state index is 13.5. The van der Waals surface area contributed by atoms with Crippen LogP contribution in [-0.4, -0.2) is 53.8 Å². The number of anilines is 2. The van der Waals surface area contributed by atoms with Crippen molar-refractivity contribution in [2.75, 3.05) is 43.1 Å². The quantitative estimate of drug-likeness (QED) is 0.247. The molecule has 9 heteroatoms. The lowest BCUT2D eigenvalue weighted by atomic mass is 10.0. The van der Waals surface area contributed by atoms with E-state index in [1.165, 1.54) is 0 Å². The topological polar surface area (TPSA) is 112 Å². The van der Waals surface area contributed by atoms with Gasteiger partial charge in [-0.25, -0.2) is 4.98 Å². The minimum absolute atomic E-state index is 0.103. The van der Waals surface area contributed by atoms with Gasteiger partial charge in [0.05, 0.1) is 35.5 Å². The molecule has 1 aliphatic heterocycles. The highest BCUT2D eigenvalue weighted by molar-refractivity contribution is 6.31. The lowest BCUT2D eigenvalue weighted by Gasteiger charge is -2.28. The van der Waals surface area contributed by atoms with Crippen LogP contribution >= 0.6 is 11.6 Å². The van der Waals surface area contributed by atoms with Crippen LogP contribution in [0.25, 0.3) is 33.3 Å². The molecule has 0 saturated carbocycles. The average molecular weight is 529 g/mol. The summed E-state index contributed by atoms with van der Waals surface area (Å²) in [7, 11) is 0. The standard InChI is InChI=1S/C29H29ClN6O2/c30-19-6-8-22-24(15-19)35-29(37)26(27(22)32-20(17-31)14-18-4-2-1-3-5-18)28-33-23-9-7-21(16-25(23)34-28)36-10-12-38-13-11-36/h1-9,15-16,20H,10-14,17,31H2,(H,33,34)(H2,32,35,37)/t20-/m0/s1. The third kappa shape index (κ3) is 4.86. The third-order valence-corrected chi connectivity index (χ3v) is 7.25. The lowest BCUT2D eigenvalue weighted by molar-refractivity contribution is 0.122. The maximum atomic E-state index is 13.5. The molecule has 38 heavy (non-hydrogen) atoms. The highest BCUT2D eigenvalue weighted by atomic mass is 35.5. The monoisotopic (exact) mass is 528 g/mol. The summed E-state index contributed by atoms with van der Waals surface area (Å²) in [6.45, 7) is 3.50. The molecular weight excluding hydrogens is 500 g/mol. The zero-order valence-electron chi connectivity index (χ0n) is 20.8. The molecule has 6 rings (SSSR count). The first kappa shape index (κ1) is 24.5. The molecular formula is C29H29ClN6O2. The molecule has 5 aromatic rings. The van der Waals surface area contributed by atoms with Crippen LogP contribution in [0.3, 0.4) is 0 Å². The van der Waals surface area contributed by atoms with E-state index >= 15 is 0 Å². The first-order chi connectivity index (χ1) is 18.6. The highest BCUT2D eigenvalue weighted by Gasteiger charge is 2.21. The van der Waals surface area contributed by atoms with Crippen LogP contribution in [-0.2, 0) is 11.2 Å². The molecule has 0 spiro atoms. The van der Waals surface area contributed by atoms with E-state index < -0.39 is 0 Å². The van der Waals surface area contributed by atoms with E-state index in [2.05, 4.69) is 44.5 Å². The molecule has 3 aromatic carbocycles. The number of pyridine rings is 1. The molecule has 0 radical (unpaired) electrons. The number of rotatable bonds is 7. The number of hydrogen-bond acceptors (Lipinski definition) is 6. The van der Waals surface area contributed by atoms with E-state index in [1.54, 1.807) is 6.07 Å².